The Kier molecular flexibility index (Phi) is 5.22. The SMILES string of the molecule is CNCC(=CC(C)C)C(C)C. The van der Waals surface area contributed by atoms with Crippen LogP contribution in [0.3, 0.4) is 0 Å². The van der Waals surface area contributed by atoms with Crippen LogP contribution in [-0.4, -0.2) is 13.6 Å². The fourth-order valence-electron chi connectivity index (χ4n) is 1.09. The standard InChI is InChI=1S/C10H21N/c1-8(2)6-10(7-11-5)9(3)4/h6,8-9,11H,7H2,1-5H3. The van der Waals surface area contributed by atoms with Crippen LogP contribution in [0, 0.1) is 11.8 Å². The first-order valence-corrected chi connectivity index (χ1v) is 4.43. The van der Waals surface area contributed by atoms with E-state index < -0.39 is 0 Å². The lowest BCUT2D eigenvalue weighted by molar-refractivity contribution is 0.681. The van der Waals surface area contributed by atoms with Gasteiger partial charge in [0.05, 0.1) is 0 Å². The number of nitrogens with one attached hydrogen (secondary N) is 1. The van der Waals surface area contributed by atoms with Gasteiger partial charge in [-0.1, -0.05) is 39.3 Å². The highest BCUT2D eigenvalue weighted by atomic mass is 14.8. The van der Waals surface area contributed by atoms with Crippen molar-refractivity contribution in [3.8, 4) is 0 Å². The summed E-state index contributed by atoms with van der Waals surface area (Å²) in [4.78, 5) is 0. The van der Waals surface area contributed by atoms with Gasteiger partial charge in [0.2, 0.25) is 0 Å². The maximum absolute atomic E-state index is 3.19. The van der Waals surface area contributed by atoms with Crippen LogP contribution < -0.4 is 5.32 Å². The van der Waals surface area contributed by atoms with E-state index in [1.54, 1.807) is 0 Å². The molecule has 0 fully saturated rings. The van der Waals surface area contributed by atoms with Gasteiger partial charge in [0.15, 0.2) is 0 Å². The number of hydrogen-bond acceptors (Lipinski definition) is 1. The van der Waals surface area contributed by atoms with Gasteiger partial charge in [-0.25, -0.2) is 0 Å². The largest absolute Gasteiger partial charge is 0.316 e. The molecule has 0 amide bonds. The van der Waals surface area contributed by atoms with Crippen molar-refractivity contribution in [2.24, 2.45) is 11.8 Å². The molecule has 0 aromatic heterocycles. The third-order valence-corrected chi connectivity index (χ3v) is 1.67. The van der Waals surface area contributed by atoms with E-state index in [4.69, 9.17) is 0 Å². The summed E-state index contributed by atoms with van der Waals surface area (Å²) in [5.41, 5.74) is 1.52. The molecule has 0 bridgehead atoms. The van der Waals surface area contributed by atoms with Crippen LogP contribution in [0.5, 0.6) is 0 Å². The lowest BCUT2D eigenvalue weighted by atomic mass is 9.99. The summed E-state index contributed by atoms with van der Waals surface area (Å²) in [5, 5.41) is 3.19. The van der Waals surface area contributed by atoms with Gasteiger partial charge in [-0.3, -0.25) is 0 Å². The van der Waals surface area contributed by atoms with Gasteiger partial charge in [0.1, 0.15) is 0 Å². The maximum Gasteiger partial charge on any atom is 0.0164 e. The fraction of sp³-hybridized carbons (Fsp3) is 0.800. The molecule has 0 saturated heterocycles. The lowest BCUT2D eigenvalue weighted by Crippen LogP contribution is -2.14. The minimum absolute atomic E-state index is 0.667. The first kappa shape index (κ1) is 10.7. The summed E-state index contributed by atoms with van der Waals surface area (Å²) < 4.78 is 0. The van der Waals surface area contributed by atoms with Crippen molar-refractivity contribution in [3.63, 3.8) is 0 Å². The Morgan fingerprint density at radius 2 is 1.82 bits per heavy atom. The Morgan fingerprint density at radius 1 is 1.27 bits per heavy atom. The van der Waals surface area contributed by atoms with E-state index >= 15 is 0 Å². The van der Waals surface area contributed by atoms with Crippen LogP contribution in [-0.2, 0) is 0 Å². The summed E-state index contributed by atoms with van der Waals surface area (Å²) in [6, 6.07) is 0. The minimum Gasteiger partial charge on any atom is -0.316 e. The van der Waals surface area contributed by atoms with Crippen LogP contribution in [0.15, 0.2) is 11.6 Å². The molecule has 0 aromatic rings. The van der Waals surface area contributed by atoms with Crippen LogP contribution in [0.25, 0.3) is 0 Å². The number of rotatable bonds is 4. The number of likely N-dealkylation sites (N-methyl/N-ethyl adjacent to an activating group) is 1. The van der Waals surface area contributed by atoms with Gasteiger partial charge in [0.25, 0.3) is 0 Å². The molecule has 66 valence electrons. The second-order valence-electron chi connectivity index (χ2n) is 3.67. The van der Waals surface area contributed by atoms with Crippen molar-refractivity contribution >= 4 is 0 Å². The summed E-state index contributed by atoms with van der Waals surface area (Å²) in [7, 11) is 2.00. The van der Waals surface area contributed by atoms with Gasteiger partial charge in [0, 0.05) is 6.54 Å². The minimum atomic E-state index is 0.667. The molecule has 1 nitrogen and oxygen atoms in total. The van der Waals surface area contributed by atoms with Crippen LogP contribution in [0.2, 0.25) is 0 Å². The van der Waals surface area contributed by atoms with Gasteiger partial charge in [-0.2, -0.15) is 0 Å². The predicted molar refractivity (Wildman–Crippen MR) is 51.7 cm³/mol. The first-order chi connectivity index (χ1) is 5.07. The molecule has 1 N–H and O–H groups in total. The van der Waals surface area contributed by atoms with Gasteiger partial charge < -0.3 is 5.32 Å². The van der Waals surface area contributed by atoms with Crippen molar-refractivity contribution in [2.45, 2.75) is 27.7 Å². The Labute approximate surface area is 70.9 Å². The molecule has 0 heterocycles. The second-order valence-corrected chi connectivity index (χ2v) is 3.67. The average Bonchev–Trinajstić information content (AvgIpc) is 1.86. The maximum atomic E-state index is 3.19. The predicted octanol–water partition coefficient (Wildman–Crippen LogP) is 2.44. The second kappa shape index (κ2) is 5.36. The van der Waals surface area contributed by atoms with E-state index in [-0.39, 0.29) is 0 Å². The molecule has 0 spiro atoms. The Morgan fingerprint density at radius 3 is 2.09 bits per heavy atom. The average molecular weight is 155 g/mol. The van der Waals surface area contributed by atoms with E-state index in [1.165, 1.54) is 5.57 Å². The van der Waals surface area contributed by atoms with Gasteiger partial charge in [-0.05, 0) is 18.9 Å². The highest BCUT2D eigenvalue weighted by Crippen LogP contribution is 2.11. The highest BCUT2D eigenvalue weighted by Gasteiger charge is 2.01. The summed E-state index contributed by atoms with van der Waals surface area (Å²) in [5.74, 6) is 1.34. The Balaban J connectivity index is 4.08. The van der Waals surface area contributed by atoms with Crippen LogP contribution in [0.4, 0.5) is 0 Å². The summed E-state index contributed by atoms with van der Waals surface area (Å²) in [6.45, 7) is 9.95. The van der Waals surface area contributed by atoms with Gasteiger partial charge >= 0.3 is 0 Å². The van der Waals surface area contributed by atoms with E-state index in [2.05, 4.69) is 39.1 Å². The van der Waals surface area contributed by atoms with Crippen molar-refractivity contribution in [3.05, 3.63) is 11.6 Å². The molecular weight excluding hydrogens is 134 g/mol. The molecule has 0 aliphatic heterocycles. The molecule has 0 radical (unpaired) electrons. The Hall–Kier alpha value is -0.300. The molecule has 1 heteroatoms. The summed E-state index contributed by atoms with van der Waals surface area (Å²) >= 11 is 0. The third kappa shape index (κ3) is 5.02. The molecule has 0 saturated carbocycles. The first-order valence-electron chi connectivity index (χ1n) is 4.43. The van der Waals surface area contributed by atoms with E-state index in [0.717, 1.165) is 6.54 Å². The van der Waals surface area contributed by atoms with E-state index in [0.29, 0.717) is 11.8 Å². The molecule has 0 aliphatic rings. The quantitative estimate of drug-likeness (QED) is 0.615. The monoisotopic (exact) mass is 155 g/mol. The molecule has 11 heavy (non-hydrogen) atoms. The van der Waals surface area contributed by atoms with Crippen LogP contribution >= 0.6 is 0 Å². The third-order valence-electron chi connectivity index (χ3n) is 1.67. The number of hydrogen-bond donors (Lipinski definition) is 1. The van der Waals surface area contributed by atoms with Crippen molar-refractivity contribution in [2.75, 3.05) is 13.6 Å². The van der Waals surface area contributed by atoms with Crippen molar-refractivity contribution in [1.29, 1.82) is 0 Å². The molecule has 0 rings (SSSR count). The van der Waals surface area contributed by atoms with Gasteiger partial charge in [-0.15, -0.1) is 0 Å². The van der Waals surface area contributed by atoms with Crippen LogP contribution in [0.1, 0.15) is 27.7 Å². The summed E-state index contributed by atoms with van der Waals surface area (Å²) in [6.07, 6.45) is 2.35. The molecule has 0 atom stereocenters. The highest BCUT2D eigenvalue weighted by molar-refractivity contribution is 5.07. The topological polar surface area (TPSA) is 12.0 Å². The number of allylic oxidation sites excluding steroid dienone is 1. The van der Waals surface area contributed by atoms with E-state index in [9.17, 15) is 0 Å². The smallest absolute Gasteiger partial charge is 0.0164 e. The zero-order valence-electron chi connectivity index (χ0n) is 8.44. The molecule has 0 aromatic carbocycles. The molecular formula is C10H21N. The van der Waals surface area contributed by atoms with E-state index in [1.807, 2.05) is 7.05 Å². The van der Waals surface area contributed by atoms with Crippen molar-refractivity contribution in [1.82, 2.24) is 5.32 Å². The Bertz CT molecular complexity index is 123. The fourth-order valence-corrected chi connectivity index (χ4v) is 1.09. The van der Waals surface area contributed by atoms with Crippen molar-refractivity contribution < 1.29 is 0 Å². The molecule has 0 aliphatic carbocycles. The zero-order chi connectivity index (χ0) is 8.85. The lowest BCUT2D eigenvalue weighted by Gasteiger charge is -2.12. The normalized spacial score (nSPS) is 13.2. The zero-order valence-corrected chi connectivity index (χ0v) is 8.44. The molecule has 0 unspecified atom stereocenters.